The van der Waals surface area contributed by atoms with Gasteiger partial charge in [-0.25, -0.2) is 4.79 Å². The monoisotopic (exact) mass is 391 g/mol. The summed E-state index contributed by atoms with van der Waals surface area (Å²) in [6.45, 7) is 0. The van der Waals surface area contributed by atoms with Crippen LogP contribution in [0.1, 0.15) is 6.42 Å². The van der Waals surface area contributed by atoms with Crippen molar-refractivity contribution in [1.82, 2.24) is 9.97 Å². The van der Waals surface area contributed by atoms with Gasteiger partial charge < -0.3 is 15.3 Å². The zero-order valence-electron chi connectivity index (χ0n) is 12.1. The lowest BCUT2D eigenvalue weighted by molar-refractivity contribution is -0.115. The van der Waals surface area contributed by atoms with Gasteiger partial charge in [0.05, 0.1) is 11.0 Å². The molecule has 118 valence electrons. The van der Waals surface area contributed by atoms with E-state index in [4.69, 9.17) is 0 Å². The zero-order chi connectivity index (χ0) is 16.2. The molecule has 1 amide bonds. The summed E-state index contributed by atoms with van der Waals surface area (Å²) in [5, 5.41) is 2.84. The lowest BCUT2D eigenvalue weighted by atomic mass is 10.2. The third-order valence-corrected chi connectivity index (χ3v) is 4.75. The summed E-state index contributed by atoms with van der Waals surface area (Å²) in [5.74, 6) is 0.656. The number of fused-ring (bicyclic) bond motifs is 1. The summed E-state index contributed by atoms with van der Waals surface area (Å²) in [6, 6.07) is 13.3. The second-order valence-electron chi connectivity index (χ2n) is 4.94. The van der Waals surface area contributed by atoms with Gasteiger partial charge in [-0.2, -0.15) is 0 Å². The quantitative estimate of drug-likeness (QED) is 0.579. The van der Waals surface area contributed by atoms with E-state index in [-0.39, 0.29) is 11.6 Å². The van der Waals surface area contributed by atoms with Crippen molar-refractivity contribution < 1.29 is 4.79 Å². The Hall–Kier alpha value is -1.99. The summed E-state index contributed by atoms with van der Waals surface area (Å²) < 4.78 is 1.04. The average Bonchev–Trinajstić information content (AvgIpc) is 2.88. The topological polar surface area (TPSA) is 77.8 Å². The van der Waals surface area contributed by atoms with E-state index in [2.05, 4.69) is 31.2 Å². The molecule has 2 aromatic carbocycles. The molecule has 0 fully saturated rings. The lowest BCUT2D eigenvalue weighted by Crippen LogP contribution is -2.12. The van der Waals surface area contributed by atoms with Crippen LogP contribution in [0.5, 0.6) is 0 Å². The van der Waals surface area contributed by atoms with Gasteiger partial charge >= 0.3 is 5.69 Å². The largest absolute Gasteiger partial charge is 0.326 e. The van der Waals surface area contributed by atoms with E-state index in [0.29, 0.717) is 23.4 Å². The molecule has 0 atom stereocenters. The number of benzene rings is 2. The molecular formula is C16H14BrN3O2S. The number of carbonyl (C=O) groups is 1. The van der Waals surface area contributed by atoms with Crippen LogP contribution in [-0.4, -0.2) is 21.6 Å². The van der Waals surface area contributed by atoms with Crippen molar-refractivity contribution in [2.75, 3.05) is 11.1 Å². The van der Waals surface area contributed by atoms with Crippen LogP contribution >= 0.6 is 27.7 Å². The molecule has 0 saturated heterocycles. The predicted octanol–water partition coefficient (Wildman–Crippen LogP) is 3.74. The Balaban J connectivity index is 1.53. The minimum absolute atomic E-state index is 0.0492. The van der Waals surface area contributed by atoms with Gasteiger partial charge in [-0.3, -0.25) is 4.79 Å². The van der Waals surface area contributed by atoms with Crippen LogP contribution in [0.3, 0.4) is 0 Å². The number of hydrogen-bond acceptors (Lipinski definition) is 3. The van der Waals surface area contributed by atoms with Crippen LogP contribution in [0, 0.1) is 0 Å². The summed E-state index contributed by atoms with van der Waals surface area (Å²) in [7, 11) is 0. The Bertz CT molecular complexity index is 886. The maximum Gasteiger partial charge on any atom is 0.323 e. The van der Waals surface area contributed by atoms with Crippen molar-refractivity contribution in [3.8, 4) is 0 Å². The molecule has 0 saturated carbocycles. The van der Waals surface area contributed by atoms with E-state index < -0.39 is 0 Å². The van der Waals surface area contributed by atoms with Gasteiger partial charge in [-0.15, -0.1) is 11.8 Å². The third-order valence-electron chi connectivity index (χ3n) is 3.21. The predicted molar refractivity (Wildman–Crippen MR) is 97.0 cm³/mol. The maximum atomic E-state index is 12.0. The first-order chi connectivity index (χ1) is 11.1. The molecule has 0 aliphatic carbocycles. The molecule has 5 nitrogen and oxygen atoms in total. The van der Waals surface area contributed by atoms with Crippen LogP contribution in [0.15, 0.2) is 56.6 Å². The summed E-state index contributed by atoms with van der Waals surface area (Å²) in [4.78, 5) is 29.7. The van der Waals surface area contributed by atoms with E-state index in [0.717, 1.165) is 14.9 Å². The molecular weight excluding hydrogens is 378 g/mol. The van der Waals surface area contributed by atoms with Crippen molar-refractivity contribution >= 4 is 50.3 Å². The number of amides is 1. The molecule has 23 heavy (non-hydrogen) atoms. The third kappa shape index (κ3) is 4.27. The number of imidazole rings is 1. The minimum atomic E-state index is -0.255. The van der Waals surface area contributed by atoms with E-state index in [1.54, 1.807) is 30.0 Å². The normalized spacial score (nSPS) is 10.8. The molecule has 7 heteroatoms. The van der Waals surface area contributed by atoms with Crippen LogP contribution < -0.4 is 11.0 Å². The standard InChI is InChI=1S/C16H14BrN3O2S/c17-10-1-4-12(5-2-10)23-8-7-15(21)18-11-3-6-13-14(9-11)20-16(22)19-13/h1-6,9H,7-8H2,(H,18,21)(H2,19,20,22). The lowest BCUT2D eigenvalue weighted by Gasteiger charge is -2.05. The molecule has 3 aromatic rings. The number of H-pyrrole nitrogens is 2. The molecule has 0 bridgehead atoms. The zero-order valence-corrected chi connectivity index (χ0v) is 14.5. The van der Waals surface area contributed by atoms with Gasteiger partial charge in [0.1, 0.15) is 0 Å². The van der Waals surface area contributed by atoms with E-state index in [1.165, 1.54) is 0 Å². The number of carbonyl (C=O) groups excluding carboxylic acids is 1. The fraction of sp³-hybridized carbons (Fsp3) is 0.125. The number of aromatic amines is 2. The highest BCUT2D eigenvalue weighted by Gasteiger charge is 2.05. The van der Waals surface area contributed by atoms with Crippen molar-refractivity contribution in [1.29, 1.82) is 0 Å². The van der Waals surface area contributed by atoms with Crippen molar-refractivity contribution in [3.63, 3.8) is 0 Å². The summed E-state index contributed by atoms with van der Waals surface area (Å²) in [6.07, 6.45) is 0.419. The molecule has 0 unspecified atom stereocenters. The first-order valence-corrected chi connectivity index (χ1v) is 8.78. The Kier molecular flexibility index (Phi) is 4.88. The van der Waals surface area contributed by atoms with E-state index in [9.17, 15) is 9.59 Å². The SMILES string of the molecule is O=C(CCSc1ccc(Br)cc1)Nc1ccc2[nH]c(=O)[nH]c2c1. The second kappa shape index (κ2) is 7.06. The average molecular weight is 392 g/mol. The van der Waals surface area contributed by atoms with Crippen molar-refractivity contribution in [3.05, 3.63) is 57.4 Å². The number of aromatic nitrogens is 2. The Morgan fingerprint density at radius 2 is 1.83 bits per heavy atom. The van der Waals surface area contributed by atoms with Crippen LogP contribution in [-0.2, 0) is 4.79 Å². The molecule has 0 spiro atoms. The highest BCUT2D eigenvalue weighted by atomic mass is 79.9. The number of nitrogens with one attached hydrogen (secondary N) is 3. The molecule has 0 aliphatic rings. The van der Waals surface area contributed by atoms with E-state index in [1.807, 2.05) is 24.3 Å². The van der Waals surface area contributed by atoms with Gasteiger partial charge in [0.15, 0.2) is 0 Å². The number of rotatable bonds is 5. The molecule has 1 aromatic heterocycles. The van der Waals surface area contributed by atoms with Crippen molar-refractivity contribution in [2.24, 2.45) is 0 Å². The smallest absolute Gasteiger partial charge is 0.323 e. The number of hydrogen-bond donors (Lipinski definition) is 3. The van der Waals surface area contributed by atoms with Crippen LogP contribution in [0.4, 0.5) is 5.69 Å². The highest BCUT2D eigenvalue weighted by Crippen LogP contribution is 2.21. The number of anilines is 1. The molecule has 0 aliphatic heterocycles. The van der Waals surface area contributed by atoms with E-state index >= 15 is 0 Å². The number of halogens is 1. The van der Waals surface area contributed by atoms with Crippen LogP contribution in [0.2, 0.25) is 0 Å². The second-order valence-corrected chi connectivity index (χ2v) is 7.02. The summed E-state index contributed by atoms with van der Waals surface area (Å²) >= 11 is 5.03. The van der Waals surface area contributed by atoms with Gasteiger partial charge in [-0.05, 0) is 42.5 Å². The Labute approximate surface area is 145 Å². The van der Waals surface area contributed by atoms with Gasteiger partial charge in [0.25, 0.3) is 0 Å². The molecule has 0 radical (unpaired) electrons. The first kappa shape index (κ1) is 15.9. The maximum absolute atomic E-state index is 12.0. The molecule has 3 N–H and O–H groups in total. The fourth-order valence-electron chi connectivity index (χ4n) is 2.13. The van der Waals surface area contributed by atoms with Crippen molar-refractivity contribution in [2.45, 2.75) is 11.3 Å². The molecule has 1 heterocycles. The Morgan fingerprint density at radius 3 is 2.61 bits per heavy atom. The number of thioether (sulfide) groups is 1. The van der Waals surface area contributed by atoms with Crippen LogP contribution in [0.25, 0.3) is 11.0 Å². The van der Waals surface area contributed by atoms with Gasteiger partial charge in [0, 0.05) is 27.2 Å². The Morgan fingerprint density at radius 1 is 1.09 bits per heavy atom. The summed E-state index contributed by atoms with van der Waals surface area (Å²) in [5.41, 5.74) is 1.82. The van der Waals surface area contributed by atoms with Gasteiger partial charge in [0.2, 0.25) is 5.91 Å². The minimum Gasteiger partial charge on any atom is -0.326 e. The molecule has 3 rings (SSSR count). The highest BCUT2D eigenvalue weighted by molar-refractivity contribution is 9.10. The fourth-order valence-corrected chi connectivity index (χ4v) is 3.24. The van der Waals surface area contributed by atoms with Gasteiger partial charge in [-0.1, -0.05) is 15.9 Å². The first-order valence-electron chi connectivity index (χ1n) is 7.00.